The highest BCUT2D eigenvalue weighted by Crippen LogP contribution is 2.12. The zero-order valence-corrected chi connectivity index (χ0v) is 8.54. The molecule has 4 heteroatoms. The van der Waals surface area contributed by atoms with Crippen molar-refractivity contribution < 1.29 is 5.11 Å². The lowest BCUT2D eigenvalue weighted by Crippen LogP contribution is -2.06. The van der Waals surface area contributed by atoms with Crippen LogP contribution in [-0.2, 0) is 0 Å². The lowest BCUT2D eigenvalue weighted by Gasteiger charge is -2.07. The van der Waals surface area contributed by atoms with E-state index in [9.17, 15) is 0 Å². The van der Waals surface area contributed by atoms with Gasteiger partial charge >= 0.3 is 0 Å². The van der Waals surface area contributed by atoms with Crippen LogP contribution >= 0.6 is 34.8 Å². The fourth-order valence-electron chi connectivity index (χ4n) is 0.729. The standard InChI is InChI=1S/C7H13Cl3O/c8-4-6(9)2-1-3-7(10)5-11/h6-7,11H,1-5H2/t6-,7-/m0/s1. The zero-order valence-electron chi connectivity index (χ0n) is 6.27. The van der Waals surface area contributed by atoms with Crippen LogP contribution in [0.4, 0.5) is 0 Å². The van der Waals surface area contributed by atoms with Gasteiger partial charge in [0.25, 0.3) is 0 Å². The molecule has 0 aliphatic carbocycles. The van der Waals surface area contributed by atoms with Crippen LogP contribution in [-0.4, -0.2) is 28.3 Å². The summed E-state index contributed by atoms with van der Waals surface area (Å²) >= 11 is 16.9. The van der Waals surface area contributed by atoms with E-state index >= 15 is 0 Å². The first-order valence-corrected chi connectivity index (χ1v) is 5.06. The van der Waals surface area contributed by atoms with Gasteiger partial charge in [0.05, 0.1) is 12.0 Å². The molecule has 0 aromatic rings. The lowest BCUT2D eigenvalue weighted by molar-refractivity contribution is 0.286. The Kier molecular flexibility index (Phi) is 8.04. The normalized spacial score (nSPS) is 16.4. The second-order valence-corrected chi connectivity index (χ2v) is 4.01. The van der Waals surface area contributed by atoms with Crippen molar-refractivity contribution in [3.63, 3.8) is 0 Å². The molecular weight excluding hydrogens is 206 g/mol. The number of hydrogen-bond acceptors (Lipinski definition) is 1. The molecule has 0 amide bonds. The van der Waals surface area contributed by atoms with Gasteiger partial charge in [0.1, 0.15) is 0 Å². The maximum atomic E-state index is 8.57. The van der Waals surface area contributed by atoms with Crippen molar-refractivity contribution in [1.82, 2.24) is 0 Å². The molecule has 0 aromatic heterocycles. The molecule has 0 aliphatic heterocycles. The molecule has 1 N–H and O–H groups in total. The number of hydrogen-bond donors (Lipinski definition) is 1. The minimum atomic E-state index is -0.130. The Bertz CT molecular complexity index is 79.8. The molecule has 0 fully saturated rings. The fourth-order valence-corrected chi connectivity index (χ4v) is 1.19. The van der Waals surface area contributed by atoms with Crippen molar-refractivity contribution in [2.24, 2.45) is 0 Å². The Morgan fingerprint density at radius 3 is 2.09 bits per heavy atom. The first-order valence-electron chi connectivity index (χ1n) is 3.65. The van der Waals surface area contributed by atoms with Crippen LogP contribution < -0.4 is 0 Å². The highest BCUT2D eigenvalue weighted by atomic mass is 35.5. The molecule has 0 aromatic carbocycles. The first kappa shape index (κ1) is 11.8. The van der Waals surface area contributed by atoms with Gasteiger partial charge in [0.15, 0.2) is 0 Å². The Labute approximate surface area is 82.6 Å². The Balaban J connectivity index is 3.13. The second kappa shape index (κ2) is 7.48. The molecule has 0 radical (unpaired) electrons. The van der Waals surface area contributed by atoms with Gasteiger partial charge in [-0.05, 0) is 12.8 Å². The van der Waals surface area contributed by atoms with Crippen molar-refractivity contribution in [1.29, 1.82) is 0 Å². The van der Waals surface area contributed by atoms with Gasteiger partial charge in [-0.15, -0.1) is 34.8 Å². The summed E-state index contributed by atoms with van der Waals surface area (Å²) < 4.78 is 0. The average molecular weight is 220 g/mol. The van der Waals surface area contributed by atoms with Gasteiger partial charge in [0, 0.05) is 11.3 Å². The van der Waals surface area contributed by atoms with Crippen molar-refractivity contribution in [2.45, 2.75) is 30.0 Å². The van der Waals surface area contributed by atoms with E-state index in [0.717, 1.165) is 19.3 Å². The highest BCUT2D eigenvalue weighted by Gasteiger charge is 2.05. The zero-order chi connectivity index (χ0) is 8.69. The molecule has 11 heavy (non-hydrogen) atoms. The van der Waals surface area contributed by atoms with Gasteiger partial charge < -0.3 is 5.11 Å². The number of aliphatic hydroxyl groups is 1. The average Bonchev–Trinajstić information content (AvgIpc) is 2.04. The summed E-state index contributed by atoms with van der Waals surface area (Å²) in [6, 6.07) is 0. The van der Waals surface area contributed by atoms with Crippen LogP contribution in [0.1, 0.15) is 19.3 Å². The summed E-state index contributed by atoms with van der Waals surface area (Å²) in [6.45, 7) is 0.0371. The topological polar surface area (TPSA) is 20.2 Å². The number of alkyl halides is 3. The monoisotopic (exact) mass is 218 g/mol. The summed E-state index contributed by atoms with van der Waals surface area (Å²) in [5.41, 5.74) is 0. The van der Waals surface area contributed by atoms with E-state index in [2.05, 4.69) is 0 Å². The van der Waals surface area contributed by atoms with Crippen LogP contribution in [0.15, 0.2) is 0 Å². The molecule has 1 nitrogen and oxygen atoms in total. The van der Waals surface area contributed by atoms with Crippen LogP contribution in [0.5, 0.6) is 0 Å². The van der Waals surface area contributed by atoms with Gasteiger partial charge in [-0.25, -0.2) is 0 Å². The summed E-state index contributed by atoms with van der Waals surface area (Å²) in [7, 11) is 0. The molecule has 0 bridgehead atoms. The Hall–Kier alpha value is 0.830. The summed E-state index contributed by atoms with van der Waals surface area (Å²) in [4.78, 5) is 0. The smallest absolute Gasteiger partial charge is 0.0595 e. The molecule has 0 unspecified atom stereocenters. The van der Waals surface area contributed by atoms with Crippen LogP contribution in [0.3, 0.4) is 0 Å². The molecule has 0 rings (SSSR count). The SMILES string of the molecule is OC[C@@H](Cl)CCC[C@H](Cl)CCl. The largest absolute Gasteiger partial charge is 0.395 e. The second-order valence-electron chi connectivity index (χ2n) is 2.46. The third-order valence-corrected chi connectivity index (χ3v) is 2.66. The Morgan fingerprint density at radius 1 is 1.09 bits per heavy atom. The molecule has 68 valence electrons. The molecule has 0 saturated carbocycles. The minimum Gasteiger partial charge on any atom is -0.395 e. The van der Waals surface area contributed by atoms with Gasteiger partial charge in [-0.1, -0.05) is 6.42 Å². The van der Waals surface area contributed by atoms with Crippen molar-refractivity contribution in [2.75, 3.05) is 12.5 Å². The molecule has 0 heterocycles. The molecular formula is C7H13Cl3O. The third kappa shape index (κ3) is 7.20. The van der Waals surface area contributed by atoms with E-state index in [1.165, 1.54) is 0 Å². The Morgan fingerprint density at radius 2 is 1.64 bits per heavy atom. The van der Waals surface area contributed by atoms with E-state index in [0.29, 0.717) is 5.88 Å². The number of halogens is 3. The molecule has 2 atom stereocenters. The maximum absolute atomic E-state index is 8.57. The number of aliphatic hydroxyl groups excluding tert-OH is 1. The van der Waals surface area contributed by atoms with Gasteiger partial charge in [0.2, 0.25) is 0 Å². The molecule has 0 saturated heterocycles. The lowest BCUT2D eigenvalue weighted by atomic mass is 10.1. The van der Waals surface area contributed by atoms with Crippen molar-refractivity contribution in [3.05, 3.63) is 0 Å². The van der Waals surface area contributed by atoms with Crippen LogP contribution in [0.25, 0.3) is 0 Å². The van der Waals surface area contributed by atoms with Gasteiger partial charge in [-0.2, -0.15) is 0 Å². The highest BCUT2D eigenvalue weighted by molar-refractivity contribution is 6.28. The summed E-state index contributed by atoms with van der Waals surface area (Å²) in [5, 5.41) is 8.48. The van der Waals surface area contributed by atoms with Gasteiger partial charge in [-0.3, -0.25) is 0 Å². The fraction of sp³-hybridized carbons (Fsp3) is 1.00. The van der Waals surface area contributed by atoms with E-state index in [1.54, 1.807) is 0 Å². The van der Waals surface area contributed by atoms with Crippen molar-refractivity contribution >= 4 is 34.8 Å². The molecule has 0 aliphatic rings. The first-order chi connectivity index (χ1) is 5.20. The van der Waals surface area contributed by atoms with Crippen LogP contribution in [0.2, 0.25) is 0 Å². The van der Waals surface area contributed by atoms with E-state index < -0.39 is 0 Å². The predicted molar refractivity (Wildman–Crippen MR) is 50.9 cm³/mol. The number of rotatable bonds is 6. The summed E-state index contributed by atoms with van der Waals surface area (Å²) in [5.74, 6) is 0.480. The predicted octanol–water partition coefficient (Wildman–Crippen LogP) is 2.60. The quantitative estimate of drug-likeness (QED) is 0.681. The van der Waals surface area contributed by atoms with E-state index in [-0.39, 0.29) is 17.4 Å². The summed E-state index contributed by atoms with van der Waals surface area (Å²) in [6.07, 6.45) is 2.60. The third-order valence-electron chi connectivity index (χ3n) is 1.40. The minimum absolute atomic E-state index is 0.0371. The van der Waals surface area contributed by atoms with E-state index in [1.807, 2.05) is 0 Å². The van der Waals surface area contributed by atoms with Crippen molar-refractivity contribution in [3.8, 4) is 0 Å². The van der Waals surface area contributed by atoms with E-state index in [4.69, 9.17) is 39.9 Å². The van der Waals surface area contributed by atoms with Crippen LogP contribution in [0, 0.1) is 0 Å². The maximum Gasteiger partial charge on any atom is 0.0595 e. The molecule has 0 spiro atoms.